The van der Waals surface area contributed by atoms with Crippen molar-refractivity contribution in [3.8, 4) is 0 Å². The van der Waals surface area contributed by atoms with Crippen molar-refractivity contribution in [2.45, 2.75) is 62.3 Å². The van der Waals surface area contributed by atoms with Gasteiger partial charge in [-0.25, -0.2) is 4.98 Å². The Morgan fingerprint density at radius 1 is 1.40 bits per heavy atom. The number of hydrogen-bond donors (Lipinski definition) is 2. The fourth-order valence-electron chi connectivity index (χ4n) is 4.83. The van der Waals surface area contributed by atoms with E-state index in [0.29, 0.717) is 25.9 Å². The van der Waals surface area contributed by atoms with Crippen LogP contribution in [0.5, 0.6) is 0 Å². The number of carbonyl (C=O) groups is 1. The summed E-state index contributed by atoms with van der Waals surface area (Å²) in [7, 11) is 1.92. The molecule has 7 nitrogen and oxygen atoms in total. The lowest BCUT2D eigenvalue weighted by atomic mass is 9.85. The van der Waals surface area contributed by atoms with Crippen LogP contribution in [0, 0.1) is 0 Å². The van der Waals surface area contributed by atoms with Crippen LogP contribution in [0.1, 0.15) is 44.3 Å². The smallest absolute Gasteiger partial charge is 0.234 e. The van der Waals surface area contributed by atoms with Crippen molar-refractivity contribution in [1.82, 2.24) is 19.8 Å². The number of imidazole rings is 1. The lowest BCUT2D eigenvalue weighted by molar-refractivity contribution is -0.126. The molecule has 3 unspecified atom stereocenters. The van der Waals surface area contributed by atoms with Gasteiger partial charge < -0.3 is 19.7 Å². The number of carbonyl (C=O) groups excluding carboxylic acids is 1. The Morgan fingerprint density at radius 2 is 2.16 bits per heavy atom. The standard InChI is InChI=1S/C18H28N4O3/c1-21-7-6-19-17(21)18(24)9-13-4-5-14(10-18)22(13)12-16(23)20-11-15-3-2-8-25-15/h6-7,13-15,24H,2-5,8-12H2,1H3,(H,20,23). The lowest BCUT2D eigenvalue weighted by Crippen LogP contribution is -2.53. The minimum atomic E-state index is -0.880. The molecule has 2 bridgehead atoms. The van der Waals surface area contributed by atoms with Crippen LogP contribution < -0.4 is 5.32 Å². The fourth-order valence-corrected chi connectivity index (χ4v) is 4.83. The first kappa shape index (κ1) is 17.0. The molecule has 1 amide bonds. The van der Waals surface area contributed by atoms with Gasteiger partial charge in [0.1, 0.15) is 11.4 Å². The van der Waals surface area contributed by atoms with Crippen molar-refractivity contribution in [2.75, 3.05) is 19.7 Å². The second kappa shape index (κ2) is 6.70. The van der Waals surface area contributed by atoms with E-state index < -0.39 is 5.60 Å². The number of nitrogens with one attached hydrogen (secondary N) is 1. The molecular weight excluding hydrogens is 320 g/mol. The molecule has 138 valence electrons. The zero-order valence-corrected chi connectivity index (χ0v) is 14.9. The van der Waals surface area contributed by atoms with Gasteiger partial charge in [-0.3, -0.25) is 9.69 Å². The van der Waals surface area contributed by atoms with Crippen LogP contribution in [0.3, 0.4) is 0 Å². The third-order valence-corrected chi connectivity index (χ3v) is 6.03. The van der Waals surface area contributed by atoms with E-state index in [1.165, 1.54) is 0 Å². The Labute approximate surface area is 148 Å². The number of amides is 1. The van der Waals surface area contributed by atoms with E-state index in [4.69, 9.17) is 4.74 Å². The zero-order chi connectivity index (χ0) is 17.4. The van der Waals surface area contributed by atoms with Gasteiger partial charge in [0.25, 0.3) is 0 Å². The molecule has 0 radical (unpaired) electrons. The Bertz CT molecular complexity index is 612. The topological polar surface area (TPSA) is 79.6 Å². The molecule has 0 aromatic carbocycles. The summed E-state index contributed by atoms with van der Waals surface area (Å²) >= 11 is 0. The monoisotopic (exact) mass is 348 g/mol. The number of nitrogens with zero attached hydrogens (tertiary/aromatic N) is 3. The molecule has 3 aliphatic rings. The number of fused-ring (bicyclic) bond motifs is 2. The number of ether oxygens (including phenoxy) is 1. The largest absolute Gasteiger partial charge is 0.382 e. The molecule has 7 heteroatoms. The Hall–Kier alpha value is -1.44. The van der Waals surface area contributed by atoms with Gasteiger partial charge in [-0.2, -0.15) is 0 Å². The summed E-state index contributed by atoms with van der Waals surface area (Å²) in [5.41, 5.74) is -0.880. The summed E-state index contributed by atoms with van der Waals surface area (Å²) in [6.07, 6.45) is 9.28. The maximum Gasteiger partial charge on any atom is 0.234 e. The fraction of sp³-hybridized carbons (Fsp3) is 0.778. The minimum absolute atomic E-state index is 0.0647. The number of aryl methyl sites for hydroxylation is 1. The molecule has 1 aromatic heterocycles. The van der Waals surface area contributed by atoms with Gasteiger partial charge in [-0.05, 0) is 38.5 Å². The lowest BCUT2D eigenvalue weighted by Gasteiger charge is -2.43. The summed E-state index contributed by atoms with van der Waals surface area (Å²) < 4.78 is 7.46. The van der Waals surface area contributed by atoms with Crippen molar-refractivity contribution in [3.63, 3.8) is 0 Å². The van der Waals surface area contributed by atoms with Crippen LogP contribution in [-0.2, 0) is 22.2 Å². The second-order valence-corrected chi connectivity index (χ2v) is 7.80. The molecular formula is C18H28N4O3. The molecule has 2 N–H and O–H groups in total. The maximum absolute atomic E-state index is 12.3. The van der Waals surface area contributed by atoms with E-state index in [1.54, 1.807) is 6.20 Å². The quantitative estimate of drug-likeness (QED) is 0.811. The van der Waals surface area contributed by atoms with Crippen molar-refractivity contribution in [1.29, 1.82) is 0 Å². The number of hydrogen-bond acceptors (Lipinski definition) is 5. The molecule has 0 saturated carbocycles. The molecule has 1 aromatic rings. The van der Waals surface area contributed by atoms with Gasteiger partial charge in [0.15, 0.2) is 0 Å². The van der Waals surface area contributed by atoms with E-state index in [2.05, 4.69) is 15.2 Å². The summed E-state index contributed by atoms with van der Waals surface area (Å²) in [5.74, 6) is 0.807. The third-order valence-electron chi connectivity index (χ3n) is 6.03. The molecule has 0 spiro atoms. The van der Waals surface area contributed by atoms with Crippen LogP contribution >= 0.6 is 0 Å². The zero-order valence-electron chi connectivity index (χ0n) is 14.9. The highest BCUT2D eigenvalue weighted by Gasteiger charge is 2.50. The van der Waals surface area contributed by atoms with Crippen LogP contribution in [0.4, 0.5) is 0 Å². The highest BCUT2D eigenvalue weighted by atomic mass is 16.5. The SMILES string of the molecule is Cn1ccnc1C1(O)CC2CCC(C1)N2CC(=O)NCC1CCCO1. The first-order valence-corrected chi connectivity index (χ1v) is 9.39. The van der Waals surface area contributed by atoms with E-state index in [-0.39, 0.29) is 24.1 Å². The highest BCUT2D eigenvalue weighted by molar-refractivity contribution is 5.78. The molecule has 3 aliphatic heterocycles. The summed E-state index contributed by atoms with van der Waals surface area (Å²) in [6.45, 7) is 1.83. The first-order chi connectivity index (χ1) is 12.0. The number of rotatable bonds is 5. The van der Waals surface area contributed by atoms with Gasteiger partial charge in [0, 0.05) is 44.7 Å². The summed E-state index contributed by atoms with van der Waals surface area (Å²) in [4.78, 5) is 19.0. The van der Waals surface area contributed by atoms with Crippen LogP contribution in [0.15, 0.2) is 12.4 Å². The van der Waals surface area contributed by atoms with E-state index in [0.717, 1.165) is 38.1 Å². The maximum atomic E-state index is 12.3. The summed E-state index contributed by atoms with van der Waals surface area (Å²) in [5, 5.41) is 14.2. The van der Waals surface area contributed by atoms with Gasteiger partial charge in [0.2, 0.25) is 5.91 Å². The van der Waals surface area contributed by atoms with Crippen LogP contribution in [-0.4, -0.2) is 63.3 Å². The first-order valence-electron chi connectivity index (χ1n) is 9.39. The minimum Gasteiger partial charge on any atom is -0.382 e. The average Bonchev–Trinajstić information content (AvgIpc) is 3.28. The van der Waals surface area contributed by atoms with E-state index in [1.807, 2.05) is 17.8 Å². The second-order valence-electron chi connectivity index (χ2n) is 7.80. The van der Waals surface area contributed by atoms with Crippen LogP contribution in [0.25, 0.3) is 0 Å². The molecule has 25 heavy (non-hydrogen) atoms. The van der Waals surface area contributed by atoms with Crippen molar-refractivity contribution >= 4 is 5.91 Å². The van der Waals surface area contributed by atoms with E-state index in [9.17, 15) is 9.90 Å². The Morgan fingerprint density at radius 3 is 2.76 bits per heavy atom. The number of piperidine rings is 1. The van der Waals surface area contributed by atoms with Gasteiger partial charge in [-0.1, -0.05) is 0 Å². The Kier molecular flexibility index (Phi) is 4.56. The van der Waals surface area contributed by atoms with Gasteiger partial charge in [-0.15, -0.1) is 0 Å². The molecule has 3 saturated heterocycles. The van der Waals surface area contributed by atoms with Gasteiger partial charge >= 0.3 is 0 Å². The highest BCUT2D eigenvalue weighted by Crippen LogP contribution is 2.44. The summed E-state index contributed by atoms with van der Waals surface area (Å²) in [6, 6.07) is 0.489. The number of aliphatic hydroxyl groups is 1. The van der Waals surface area contributed by atoms with Crippen LogP contribution in [0.2, 0.25) is 0 Å². The molecule has 4 rings (SSSR count). The predicted molar refractivity (Wildman–Crippen MR) is 91.8 cm³/mol. The predicted octanol–water partition coefficient (Wildman–Crippen LogP) is 0.530. The molecule has 3 fully saturated rings. The van der Waals surface area contributed by atoms with Crippen molar-refractivity contribution in [2.24, 2.45) is 7.05 Å². The molecule has 4 heterocycles. The molecule has 0 aliphatic carbocycles. The normalized spacial score (nSPS) is 35.2. The van der Waals surface area contributed by atoms with Crippen molar-refractivity contribution < 1.29 is 14.6 Å². The number of aromatic nitrogens is 2. The van der Waals surface area contributed by atoms with Crippen molar-refractivity contribution in [3.05, 3.63) is 18.2 Å². The Balaban J connectivity index is 1.36. The van der Waals surface area contributed by atoms with Gasteiger partial charge in [0.05, 0.1) is 12.6 Å². The average molecular weight is 348 g/mol. The molecule has 3 atom stereocenters. The van der Waals surface area contributed by atoms with E-state index >= 15 is 0 Å². The third kappa shape index (κ3) is 3.32.